The summed E-state index contributed by atoms with van der Waals surface area (Å²) in [5, 5.41) is 0. The van der Waals surface area contributed by atoms with Crippen LogP contribution in [-0.4, -0.2) is 60.4 Å². The Bertz CT molecular complexity index is 652. The van der Waals surface area contributed by atoms with E-state index in [0.29, 0.717) is 31.7 Å². The van der Waals surface area contributed by atoms with Crippen LogP contribution in [-0.2, 0) is 19.1 Å². The summed E-state index contributed by atoms with van der Waals surface area (Å²) in [7, 11) is 0. The van der Waals surface area contributed by atoms with Crippen LogP contribution < -0.4 is 0 Å². The fourth-order valence-electron chi connectivity index (χ4n) is 2.32. The highest BCUT2D eigenvalue weighted by atomic mass is 19.1. The predicted molar refractivity (Wildman–Crippen MR) is 85.2 cm³/mol. The molecule has 0 aliphatic carbocycles. The molecule has 1 aliphatic heterocycles. The molecule has 128 valence electrons. The van der Waals surface area contributed by atoms with Crippen LogP contribution in [0.4, 0.5) is 4.39 Å². The highest BCUT2D eigenvalue weighted by Crippen LogP contribution is 2.06. The van der Waals surface area contributed by atoms with E-state index in [1.165, 1.54) is 31.2 Å². The number of nitrogens with zero attached hydrogens (tertiary/aromatic N) is 2. The lowest BCUT2D eigenvalue weighted by Gasteiger charge is -2.34. The number of benzene rings is 1. The van der Waals surface area contributed by atoms with Gasteiger partial charge in [0.1, 0.15) is 5.82 Å². The minimum Gasteiger partial charge on any atom is -0.452 e. The van der Waals surface area contributed by atoms with E-state index in [2.05, 4.69) is 0 Å². The van der Waals surface area contributed by atoms with Crippen molar-refractivity contribution in [3.05, 3.63) is 41.7 Å². The van der Waals surface area contributed by atoms with Gasteiger partial charge in [0.25, 0.3) is 5.91 Å². The summed E-state index contributed by atoms with van der Waals surface area (Å²) >= 11 is 0. The number of carbonyl (C=O) groups is 3. The third kappa shape index (κ3) is 5.19. The third-order valence-electron chi connectivity index (χ3n) is 3.68. The van der Waals surface area contributed by atoms with Crippen LogP contribution in [0.3, 0.4) is 0 Å². The molecule has 1 aromatic rings. The number of halogens is 1. The lowest BCUT2D eigenvalue weighted by Crippen LogP contribution is -2.51. The van der Waals surface area contributed by atoms with Crippen molar-refractivity contribution in [2.24, 2.45) is 0 Å². The lowest BCUT2D eigenvalue weighted by molar-refractivity contribution is -0.149. The zero-order valence-electron chi connectivity index (χ0n) is 13.4. The topological polar surface area (TPSA) is 66.9 Å². The van der Waals surface area contributed by atoms with Crippen LogP contribution in [0.15, 0.2) is 30.3 Å². The maximum Gasteiger partial charge on any atom is 0.331 e. The molecule has 2 rings (SSSR count). The van der Waals surface area contributed by atoms with Crippen molar-refractivity contribution in [3.63, 3.8) is 0 Å². The molecule has 1 saturated heterocycles. The summed E-state index contributed by atoms with van der Waals surface area (Å²) in [6.45, 7) is 2.95. The van der Waals surface area contributed by atoms with E-state index in [-0.39, 0.29) is 18.4 Å². The average molecular weight is 334 g/mol. The normalized spacial score (nSPS) is 14.8. The van der Waals surface area contributed by atoms with Gasteiger partial charge in [-0.2, -0.15) is 0 Å². The van der Waals surface area contributed by atoms with Crippen LogP contribution in [0.2, 0.25) is 0 Å². The summed E-state index contributed by atoms with van der Waals surface area (Å²) in [4.78, 5) is 38.0. The monoisotopic (exact) mass is 334 g/mol. The number of hydrogen-bond donors (Lipinski definition) is 0. The molecule has 0 saturated carbocycles. The van der Waals surface area contributed by atoms with Crippen molar-refractivity contribution in [3.8, 4) is 0 Å². The van der Waals surface area contributed by atoms with E-state index in [1.54, 1.807) is 15.9 Å². The van der Waals surface area contributed by atoms with Gasteiger partial charge in [0, 0.05) is 39.2 Å². The first-order valence-corrected chi connectivity index (χ1v) is 7.59. The molecule has 6 nitrogen and oxygen atoms in total. The van der Waals surface area contributed by atoms with Crippen molar-refractivity contribution in [1.29, 1.82) is 0 Å². The van der Waals surface area contributed by atoms with Crippen molar-refractivity contribution >= 4 is 23.9 Å². The van der Waals surface area contributed by atoms with Gasteiger partial charge in [0.05, 0.1) is 0 Å². The standard InChI is InChI=1S/C17H19FN2O4/c1-13(21)19-7-9-20(10-8-19)16(22)12-24-17(23)6-5-14-3-2-4-15(18)11-14/h2-6,11H,7-10,12H2,1H3/b6-5+. The van der Waals surface area contributed by atoms with Crippen LogP contribution in [0.1, 0.15) is 12.5 Å². The molecule has 0 bridgehead atoms. The second-order valence-electron chi connectivity index (χ2n) is 5.38. The van der Waals surface area contributed by atoms with E-state index in [1.807, 2.05) is 0 Å². The molecule has 0 unspecified atom stereocenters. The Kier molecular flexibility index (Phi) is 6.06. The second kappa shape index (κ2) is 8.24. The van der Waals surface area contributed by atoms with E-state index < -0.39 is 11.8 Å². The molecular weight excluding hydrogens is 315 g/mol. The maximum atomic E-state index is 13.0. The van der Waals surface area contributed by atoms with Crippen molar-refractivity contribution in [1.82, 2.24) is 9.80 Å². The Morgan fingerprint density at radius 2 is 1.83 bits per heavy atom. The number of piperazine rings is 1. The van der Waals surface area contributed by atoms with Gasteiger partial charge in [0.15, 0.2) is 6.61 Å². The van der Waals surface area contributed by atoms with Gasteiger partial charge in [-0.25, -0.2) is 9.18 Å². The minimum absolute atomic E-state index is 0.0176. The molecule has 1 aliphatic rings. The summed E-state index contributed by atoms with van der Waals surface area (Å²) in [5.41, 5.74) is 0.527. The van der Waals surface area contributed by atoms with Crippen LogP contribution >= 0.6 is 0 Å². The number of hydrogen-bond acceptors (Lipinski definition) is 4. The first kappa shape index (κ1) is 17.7. The van der Waals surface area contributed by atoms with Gasteiger partial charge >= 0.3 is 5.97 Å². The van der Waals surface area contributed by atoms with E-state index in [9.17, 15) is 18.8 Å². The molecule has 0 spiro atoms. The van der Waals surface area contributed by atoms with Gasteiger partial charge in [-0.05, 0) is 23.8 Å². The predicted octanol–water partition coefficient (Wildman–Crippen LogP) is 1.07. The number of amides is 2. The van der Waals surface area contributed by atoms with Gasteiger partial charge in [-0.15, -0.1) is 0 Å². The molecule has 0 N–H and O–H groups in total. The largest absolute Gasteiger partial charge is 0.452 e. The van der Waals surface area contributed by atoms with Crippen molar-refractivity contribution < 1.29 is 23.5 Å². The quantitative estimate of drug-likeness (QED) is 0.610. The number of esters is 1. The molecule has 0 radical (unpaired) electrons. The SMILES string of the molecule is CC(=O)N1CCN(C(=O)COC(=O)/C=C/c2cccc(F)c2)CC1. The Morgan fingerprint density at radius 1 is 1.17 bits per heavy atom. The fourth-order valence-corrected chi connectivity index (χ4v) is 2.32. The molecular formula is C17H19FN2O4. The maximum absolute atomic E-state index is 13.0. The first-order chi connectivity index (χ1) is 11.5. The highest BCUT2D eigenvalue weighted by molar-refractivity contribution is 5.89. The molecule has 2 amide bonds. The Labute approximate surface area is 139 Å². The van der Waals surface area contributed by atoms with Gasteiger partial charge in [0.2, 0.25) is 5.91 Å². The highest BCUT2D eigenvalue weighted by Gasteiger charge is 2.22. The van der Waals surface area contributed by atoms with E-state index in [0.717, 1.165) is 6.08 Å². The number of ether oxygens (including phenoxy) is 1. The average Bonchev–Trinajstić information content (AvgIpc) is 2.58. The zero-order valence-corrected chi connectivity index (χ0v) is 13.4. The van der Waals surface area contributed by atoms with Crippen LogP contribution in [0.25, 0.3) is 6.08 Å². The number of carbonyl (C=O) groups excluding carboxylic acids is 3. The summed E-state index contributed by atoms with van der Waals surface area (Å²) < 4.78 is 17.9. The molecule has 1 heterocycles. The molecule has 7 heteroatoms. The zero-order chi connectivity index (χ0) is 17.5. The number of rotatable bonds is 4. The third-order valence-corrected chi connectivity index (χ3v) is 3.68. The minimum atomic E-state index is -0.671. The second-order valence-corrected chi connectivity index (χ2v) is 5.38. The van der Waals surface area contributed by atoms with Gasteiger partial charge in [-0.1, -0.05) is 12.1 Å². The van der Waals surface area contributed by atoms with Crippen molar-refractivity contribution in [2.45, 2.75) is 6.92 Å². The molecule has 24 heavy (non-hydrogen) atoms. The van der Waals surface area contributed by atoms with Gasteiger partial charge in [-0.3, -0.25) is 9.59 Å². The Balaban J connectivity index is 1.75. The first-order valence-electron chi connectivity index (χ1n) is 7.59. The molecule has 0 atom stereocenters. The van der Waals surface area contributed by atoms with E-state index >= 15 is 0 Å². The smallest absolute Gasteiger partial charge is 0.331 e. The summed E-state index contributed by atoms with van der Waals surface area (Å²) in [5.74, 6) is -1.39. The Hall–Kier alpha value is -2.70. The summed E-state index contributed by atoms with van der Waals surface area (Å²) in [6.07, 6.45) is 2.57. The Morgan fingerprint density at radius 3 is 2.46 bits per heavy atom. The summed E-state index contributed by atoms with van der Waals surface area (Å²) in [6, 6.07) is 5.76. The fraction of sp³-hybridized carbons (Fsp3) is 0.353. The van der Waals surface area contributed by atoms with Crippen molar-refractivity contribution in [2.75, 3.05) is 32.8 Å². The lowest BCUT2D eigenvalue weighted by atomic mass is 10.2. The molecule has 1 fully saturated rings. The molecule has 0 aromatic heterocycles. The van der Waals surface area contributed by atoms with Gasteiger partial charge < -0.3 is 14.5 Å². The van der Waals surface area contributed by atoms with Crippen LogP contribution in [0, 0.1) is 5.82 Å². The molecule has 1 aromatic carbocycles. The van der Waals surface area contributed by atoms with Crippen LogP contribution in [0.5, 0.6) is 0 Å². The van der Waals surface area contributed by atoms with E-state index in [4.69, 9.17) is 4.74 Å².